The van der Waals surface area contributed by atoms with Crippen molar-refractivity contribution in [3.8, 4) is 11.4 Å². The Morgan fingerprint density at radius 3 is 2.78 bits per heavy atom. The average molecular weight is 407 g/mol. The minimum atomic E-state index is 0.0428. The van der Waals surface area contributed by atoms with Crippen LogP contribution in [0.1, 0.15) is 58.4 Å². The third-order valence-corrected chi connectivity index (χ3v) is 6.20. The van der Waals surface area contributed by atoms with Gasteiger partial charge < -0.3 is 5.32 Å². The van der Waals surface area contributed by atoms with Crippen molar-refractivity contribution in [3.05, 3.63) is 29.3 Å². The van der Waals surface area contributed by atoms with Crippen LogP contribution >= 0.6 is 23.4 Å². The summed E-state index contributed by atoms with van der Waals surface area (Å²) in [5.74, 6) is 1.19. The van der Waals surface area contributed by atoms with Crippen molar-refractivity contribution in [2.45, 2.75) is 69.6 Å². The van der Waals surface area contributed by atoms with Crippen LogP contribution in [0, 0.1) is 0 Å². The molecule has 27 heavy (non-hydrogen) atoms. The van der Waals surface area contributed by atoms with Gasteiger partial charge in [0.25, 0.3) is 0 Å². The van der Waals surface area contributed by atoms with E-state index >= 15 is 0 Å². The lowest BCUT2D eigenvalue weighted by atomic mass is 10.2. The van der Waals surface area contributed by atoms with Crippen molar-refractivity contribution in [2.24, 2.45) is 0 Å². The molecular formula is C20H27ClN4OS. The van der Waals surface area contributed by atoms with Crippen molar-refractivity contribution in [1.82, 2.24) is 20.1 Å². The Morgan fingerprint density at radius 2 is 2.07 bits per heavy atom. The maximum atomic E-state index is 12.3. The minimum Gasteiger partial charge on any atom is -0.353 e. The van der Waals surface area contributed by atoms with E-state index in [2.05, 4.69) is 27.0 Å². The number of amides is 1. The summed E-state index contributed by atoms with van der Waals surface area (Å²) in [5, 5.41) is 13.4. The topological polar surface area (TPSA) is 59.8 Å². The van der Waals surface area contributed by atoms with E-state index in [1.807, 2.05) is 31.2 Å². The first-order chi connectivity index (χ1) is 13.1. The summed E-state index contributed by atoms with van der Waals surface area (Å²) < 4.78 is 2.20. The summed E-state index contributed by atoms with van der Waals surface area (Å²) in [6, 6.07) is 8.31. The third kappa shape index (κ3) is 5.05. The highest BCUT2D eigenvalue weighted by molar-refractivity contribution is 7.99. The molecule has 1 aliphatic rings. The van der Waals surface area contributed by atoms with E-state index < -0.39 is 0 Å². The molecule has 2 aromatic rings. The van der Waals surface area contributed by atoms with E-state index in [1.165, 1.54) is 24.6 Å². The molecule has 0 spiro atoms. The fraction of sp³-hybridized carbons (Fsp3) is 0.550. The standard InChI is InChI=1S/C20H27ClN4OS/c1-3-8-14(2)22-18(26)13-27-20-24-23-19(16-11-6-7-12-17(16)21)25(20)15-9-4-5-10-15/h6-7,11-12,14-15H,3-5,8-10,13H2,1-2H3,(H,22,26)/t14-/m0/s1. The predicted octanol–water partition coefficient (Wildman–Crippen LogP) is 5.11. The Labute approximate surface area is 170 Å². The van der Waals surface area contributed by atoms with Gasteiger partial charge in [-0.3, -0.25) is 9.36 Å². The summed E-state index contributed by atoms with van der Waals surface area (Å²) in [6.45, 7) is 4.17. The fourth-order valence-electron chi connectivity index (χ4n) is 3.65. The molecule has 5 nitrogen and oxygen atoms in total. The van der Waals surface area contributed by atoms with Crippen LogP contribution in [0.15, 0.2) is 29.4 Å². The Hall–Kier alpha value is -1.53. The van der Waals surface area contributed by atoms with Crippen LogP contribution < -0.4 is 5.32 Å². The largest absolute Gasteiger partial charge is 0.353 e. The number of benzene rings is 1. The average Bonchev–Trinajstić information content (AvgIpc) is 3.30. The van der Waals surface area contributed by atoms with Crippen molar-refractivity contribution < 1.29 is 4.79 Å². The summed E-state index contributed by atoms with van der Waals surface area (Å²) in [7, 11) is 0. The number of carbonyl (C=O) groups is 1. The van der Waals surface area contributed by atoms with Gasteiger partial charge in [0.2, 0.25) is 5.91 Å². The first kappa shape index (κ1) is 20.2. The molecule has 1 fully saturated rings. The second-order valence-electron chi connectivity index (χ2n) is 7.14. The van der Waals surface area contributed by atoms with E-state index in [-0.39, 0.29) is 11.9 Å². The monoisotopic (exact) mass is 406 g/mol. The van der Waals surface area contributed by atoms with Gasteiger partial charge in [-0.05, 0) is 38.3 Å². The second-order valence-corrected chi connectivity index (χ2v) is 8.49. The molecular weight excluding hydrogens is 380 g/mol. The van der Waals surface area contributed by atoms with E-state index in [9.17, 15) is 4.79 Å². The number of hydrogen-bond donors (Lipinski definition) is 1. The number of aromatic nitrogens is 3. The number of nitrogens with one attached hydrogen (secondary N) is 1. The highest BCUT2D eigenvalue weighted by Crippen LogP contribution is 2.38. The van der Waals surface area contributed by atoms with Crippen LogP contribution in [0.5, 0.6) is 0 Å². The van der Waals surface area contributed by atoms with Gasteiger partial charge in [-0.15, -0.1) is 10.2 Å². The number of nitrogens with zero attached hydrogens (tertiary/aromatic N) is 3. The molecule has 0 aliphatic heterocycles. The highest BCUT2D eigenvalue weighted by atomic mass is 35.5. The molecule has 7 heteroatoms. The van der Waals surface area contributed by atoms with E-state index in [1.54, 1.807) is 0 Å². The number of thioether (sulfide) groups is 1. The van der Waals surface area contributed by atoms with Gasteiger partial charge in [0, 0.05) is 17.6 Å². The summed E-state index contributed by atoms with van der Waals surface area (Å²) in [5.41, 5.74) is 0.895. The maximum Gasteiger partial charge on any atom is 0.230 e. The van der Waals surface area contributed by atoms with E-state index in [0.717, 1.165) is 42.2 Å². The summed E-state index contributed by atoms with van der Waals surface area (Å²) in [4.78, 5) is 12.3. The van der Waals surface area contributed by atoms with Gasteiger partial charge >= 0.3 is 0 Å². The van der Waals surface area contributed by atoms with Gasteiger partial charge in [0.1, 0.15) is 0 Å². The van der Waals surface area contributed by atoms with Crippen molar-refractivity contribution >= 4 is 29.3 Å². The van der Waals surface area contributed by atoms with Gasteiger partial charge in [-0.25, -0.2) is 0 Å². The summed E-state index contributed by atoms with van der Waals surface area (Å²) >= 11 is 7.87. The van der Waals surface area contributed by atoms with Gasteiger partial charge in [-0.1, -0.05) is 61.7 Å². The summed E-state index contributed by atoms with van der Waals surface area (Å²) in [6.07, 6.45) is 6.70. The number of rotatable bonds is 8. The normalized spacial score (nSPS) is 15.8. The third-order valence-electron chi connectivity index (χ3n) is 4.93. The van der Waals surface area contributed by atoms with Crippen LogP contribution in [0.25, 0.3) is 11.4 Å². The lowest BCUT2D eigenvalue weighted by molar-refractivity contribution is -0.119. The Kier molecular flexibility index (Phi) is 7.19. The molecule has 1 aliphatic carbocycles. The number of hydrogen-bond acceptors (Lipinski definition) is 4. The lowest BCUT2D eigenvalue weighted by Crippen LogP contribution is -2.33. The van der Waals surface area contributed by atoms with Crippen LogP contribution in [-0.2, 0) is 4.79 Å². The zero-order valence-electron chi connectivity index (χ0n) is 15.9. The predicted molar refractivity (Wildman–Crippen MR) is 111 cm³/mol. The molecule has 1 saturated carbocycles. The quantitative estimate of drug-likeness (QED) is 0.618. The first-order valence-corrected chi connectivity index (χ1v) is 11.1. The Balaban J connectivity index is 1.79. The molecule has 0 unspecified atom stereocenters. The van der Waals surface area contributed by atoms with Crippen LogP contribution in [0.2, 0.25) is 5.02 Å². The van der Waals surface area contributed by atoms with Crippen molar-refractivity contribution in [1.29, 1.82) is 0 Å². The Bertz CT molecular complexity index is 773. The van der Waals surface area contributed by atoms with Crippen molar-refractivity contribution in [3.63, 3.8) is 0 Å². The molecule has 0 bridgehead atoms. The first-order valence-electron chi connectivity index (χ1n) is 9.72. The highest BCUT2D eigenvalue weighted by Gasteiger charge is 2.26. The second kappa shape index (κ2) is 9.60. The van der Waals surface area contributed by atoms with E-state index in [0.29, 0.717) is 16.8 Å². The molecule has 1 aromatic carbocycles. The zero-order valence-corrected chi connectivity index (χ0v) is 17.5. The minimum absolute atomic E-state index is 0.0428. The molecule has 1 N–H and O–H groups in total. The molecule has 1 amide bonds. The lowest BCUT2D eigenvalue weighted by Gasteiger charge is -2.17. The van der Waals surface area contributed by atoms with Crippen LogP contribution in [-0.4, -0.2) is 32.5 Å². The number of halogens is 1. The Morgan fingerprint density at radius 1 is 1.33 bits per heavy atom. The van der Waals surface area contributed by atoms with Gasteiger partial charge in [-0.2, -0.15) is 0 Å². The number of carbonyl (C=O) groups excluding carboxylic acids is 1. The van der Waals surface area contributed by atoms with Crippen molar-refractivity contribution in [2.75, 3.05) is 5.75 Å². The van der Waals surface area contributed by atoms with Crippen LogP contribution in [0.4, 0.5) is 0 Å². The molecule has 1 atom stereocenters. The molecule has 3 rings (SSSR count). The SMILES string of the molecule is CCC[C@H](C)NC(=O)CSc1nnc(-c2ccccc2Cl)n1C1CCCC1. The molecule has 0 radical (unpaired) electrons. The maximum absolute atomic E-state index is 12.3. The zero-order chi connectivity index (χ0) is 19.2. The molecule has 0 saturated heterocycles. The smallest absolute Gasteiger partial charge is 0.230 e. The van der Waals surface area contributed by atoms with E-state index in [4.69, 9.17) is 11.6 Å². The molecule has 146 valence electrons. The van der Waals surface area contributed by atoms with Gasteiger partial charge in [0.05, 0.1) is 10.8 Å². The fourth-order valence-corrected chi connectivity index (χ4v) is 4.68. The molecule has 1 aromatic heterocycles. The van der Waals surface area contributed by atoms with Crippen LogP contribution in [0.3, 0.4) is 0 Å². The van der Waals surface area contributed by atoms with Gasteiger partial charge in [0.15, 0.2) is 11.0 Å². The molecule has 1 heterocycles.